The number of aryl methyl sites for hydroxylation is 2. The van der Waals surface area contributed by atoms with Crippen LogP contribution < -0.4 is 5.32 Å². The number of hydrogen-bond acceptors (Lipinski definition) is 2. The lowest BCUT2D eigenvalue weighted by atomic mass is 10.0. The molecule has 0 bridgehead atoms. The quantitative estimate of drug-likeness (QED) is 0.797. The third kappa shape index (κ3) is 4.39. The Balaban J connectivity index is 1.93. The van der Waals surface area contributed by atoms with Gasteiger partial charge >= 0.3 is 0 Å². The predicted molar refractivity (Wildman–Crippen MR) is 89.6 cm³/mol. The maximum atomic E-state index is 3.43. The van der Waals surface area contributed by atoms with Crippen LogP contribution in [-0.4, -0.2) is 18.8 Å². The highest BCUT2D eigenvalue weighted by molar-refractivity contribution is 7.99. The third-order valence-corrected chi connectivity index (χ3v) is 4.83. The molecule has 0 aromatic heterocycles. The summed E-state index contributed by atoms with van der Waals surface area (Å²) in [6, 6.07) is 17.9. The van der Waals surface area contributed by atoms with Gasteiger partial charge in [-0.25, -0.2) is 0 Å². The summed E-state index contributed by atoms with van der Waals surface area (Å²) in [5.74, 6) is 1.09. The average molecular weight is 285 g/mol. The Labute approximate surface area is 126 Å². The molecule has 1 N–H and O–H groups in total. The first kappa shape index (κ1) is 15.1. The Bertz CT molecular complexity index is 536. The van der Waals surface area contributed by atoms with Gasteiger partial charge in [-0.15, -0.1) is 11.8 Å². The Hall–Kier alpha value is -1.25. The molecule has 1 nitrogen and oxygen atoms in total. The molecular weight excluding hydrogens is 262 g/mol. The van der Waals surface area contributed by atoms with E-state index >= 15 is 0 Å². The molecule has 0 fully saturated rings. The molecule has 0 spiro atoms. The second kappa shape index (κ2) is 7.51. The smallest absolute Gasteiger partial charge is 0.0199 e. The number of rotatable bonds is 6. The second-order valence-corrected chi connectivity index (χ2v) is 6.33. The predicted octanol–water partition coefficient (Wildman–Crippen LogP) is 4.23. The Morgan fingerprint density at radius 2 is 1.75 bits per heavy atom. The van der Waals surface area contributed by atoms with Gasteiger partial charge in [-0.2, -0.15) is 0 Å². The summed E-state index contributed by atoms with van der Waals surface area (Å²) in [5, 5.41) is 3.43. The Kier molecular flexibility index (Phi) is 5.69. The molecular formula is C18H23NS. The zero-order chi connectivity index (χ0) is 14.4. The molecule has 0 aliphatic heterocycles. The van der Waals surface area contributed by atoms with Crippen LogP contribution in [0.2, 0.25) is 0 Å². The number of hydrogen-bond donors (Lipinski definition) is 1. The van der Waals surface area contributed by atoms with E-state index in [9.17, 15) is 0 Å². The summed E-state index contributed by atoms with van der Waals surface area (Å²) < 4.78 is 0. The first-order valence-corrected chi connectivity index (χ1v) is 8.09. The molecule has 0 amide bonds. The molecule has 2 rings (SSSR count). The van der Waals surface area contributed by atoms with Crippen LogP contribution in [0.3, 0.4) is 0 Å². The largest absolute Gasteiger partial charge is 0.316 e. The molecule has 0 heterocycles. The molecule has 0 saturated carbocycles. The van der Waals surface area contributed by atoms with Crippen LogP contribution in [-0.2, 0) is 6.42 Å². The fourth-order valence-corrected chi connectivity index (χ4v) is 3.20. The van der Waals surface area contributed by atoms with Gasteiger partial charge in [0.15, 0.2) is 0 Å². The van der Waals surface area contributed by atoms with Gasteiger partial charge in [-0.05, 0) is 56.1 Å². The van der Waals surface area contributed by atoms with E-state index in [-0.39, 0.29) is 0 Å². The van der Waals surface area contributed by atoms with E-state index in [1.54, 1.807) is 0 Å². The normalized spacial score (nSPS) is 12.3. The zero-order valence-corrected chi connectivity index (χ0v) is 13.3. The average Bonchev–Trinajstić information content (AvgIpc) is 2.48. The minimum absolute atomic E-state index is 0.502. The maximum absolute atomic E-state index is 3.43. The Morgan fingerprint density at radius 3 is 2.40 bits per heavy atom. The van der Waals surface area contributed by atoms with Crippen molar-refractivity contribution >= 4 is 11.8 Å². The number of benzene rings is 2. The standard InChI is InChI=1S/C18H23NS/c1-14-9-10-16(11-15(14)2)12-17(19-3)13-20-18-7-5-4-6-8-18/h4-11,17,19H,12-13H2,1-3H3. The molecule has 2 heteroatoms. The van der Waals surface area contributed by atoms with Gasteiger partial charge < -0.3 is 5.32 Å². The van der Waals surface area contributed by atoms with Crippen molar-refractivity contribution in [2.75, 3.05) is 12.8 Å². The Morgan fingerprint density at radius 1 is 1.00 bits per heavy atom. The highest BCUT2D eigenvalue weighted by Gasteiger charge is 2.08. The summed E-state index contributed by atoms with van der Waals surface area (Å²) in [4.78, 5) is 1.34. The van der Waals surface area contributed by atoms with E-state index in [4.69, 9.17) is 0 Å². The summed E-state index contributed by atoms with van der Waals surface area (Å²) in [5.41, 5.74) is 4.17. The molecule has 2 aromatic rings. The summed E-state index contributed by atoms with van der Waals surface area (Å²) in [6.07, 6.45) is 1.08. The lowest BCUT2D eigenvalue weighted by Crippen LogP contribution is -2.30. The van der Waals surface area contributed by atoms with Crippen molar-refractivity contribution in [1.29, 1.82) is 0 Å². The maximum Gasteiger partial charge on any atom is 0.0199 e. The monoisotopic (exact) mass is 285 g/mol. The van der Waals surface area contributed by atoms with E-state index in [0.29, 0.717) is 6.04 Å². The summed E-state index contributed by atoms with van der Waals surface area (Å²) in [6.45, 7) is 4.35. The van der Waals surface area contributed by atoms with Crippen LogP contribution in [0, 0.1) is 13.8 Å². The van der Waals surface area contributed by atoms with Gasteiger partial charge in [0.1, 0.15) is 0 Å². The molecule has 1 unspecified atom stereocenters. The van der Waals surface area contributed by atoms with Gasteiger partial charge in [-0.1, -0.05) is 36.4 Å². The molecule has 2 aromatic carbocycles. The zero-order valence-electron chi connectivity index (χ0n) is 12.5. The molecule has 106 valence electrons. The van der Waals surface area contributed by atoms with E-state index in [1.165, 1.54) is 21.6 Å². The first-order valence-electron chi connectivity index (χ1n) is 7.10. The topological polar surface area (TPSA) is 12.0 Å². The van der Waals surface area contributed by atoms with Gasteiger partial charge in [0, 0.05) is 16.7 Å². The van der Waals surface area contributed by atoms with Gasteiger partial charge in [-0.3, -0.25) is 0 Å². The van der Waals surface area contributed by atoms with Crippen molar-refractivity contribution in [2.24, 2.45) is 0 Å². The van der Waals surface area contributed by atoms with Crippen molar-refractivity contribution in [3.05, 3.63) is 65.2 Å². The highest BCUT2D eigenvalue weighted by Crippen LogP contribution is 2.19. The fraction of sp³-hybridized carbons (Fsp3) is 0.333. The van der Waals surface area contributed by atoms with Crippen molar-refractivity contribution in [3.8, 4) is 0 Å². The molecule has 0 saturated heterocycles. The van der Waals surface area contributed by atoms with E-state index in [2.05, 4.69) is 74.7 Å². The van der Waals surface area contributed by atoms with E-state index < -0.39 is 0 Å². The van der Waals surface area contributed by atoms with Gasteiger partial charge in [0.2, 0.25) is 0 Å². The van der Waals surface area contributed by atoms with Crippen molar-refractivity contribution < 1.29 is 0 Å². The van der Waals surface area contributed by atoms with Crippen LogP contribution in [0.15, 0.2) is 53.4 Å². The molecule has 0 aliphatic carbocycles. The lowest BCUT2D eigenvalue weighted by molar-refractivity contribution is 0.617. The summed E-state index contributed by atoms with van der Waals surface area (Å²) in [7, 11) is 2.05. The van der Waals surface area contributed by atoms with Crippen molar-refractivity contribution in [2.45, 2.75) is 31.2 Å². The number of likely N-dealkylation sites (N-methyl/N-ethyl adjacent to an activating group) is 1. The second-order valence-electron chi connectivity index (χ2n) is 5.23. The minimum atomic E-state index is 0.502. The van der Waals surface area contributed by atoms with Crippen LogP contribution in [0.4, 0.5) is 0 Å². The number of thioether (sulfide) groups is 1. The molecule has 20 heavy (non-hydrogen) atoms. The van der Waals surface area contributed by atoms with Crippen molar-refractivity contribution in [1.82, 2.24) is 5.32 Å². The van der Waals surface area contributed by atoms with E-state index in [0.717, 1.165) is 12.2 Å². The molecule has 1 atom stereocenters. The first-order chi connectivity index (χ1) is 9.69. The fourth-order valence-electron chi connectivity index (χ4n) is 2.17. The highest BCUT2D eigenvalue weighted by atomic mass is 32.2. The van der Waals surface area contributed by atoms with Gasteiger partial charge in [0.05, 0.1) is 0 Å². The number of nitrogens with one attached hydrogen (secondary N) is 1. The molecule has 0 aliphatic rings. The van der Waals surface area contributed by atoms with Crippen LogP contribution >= 0.6 is 11.8 Å². The lowest BCUT2D eigenvalue weighted by Gasteiger charge is -2.16. The molecule has 0 radical (unpaired) electrons. The van der Waals surface area contributed by atoms with E-state index in [1.807, 2.05) is 11.8 Å². The third-order valence-electron chi connectivity index (χ3n) is 3.66. The van der Waals surface area contributed by atoms with Crippen molar-refractivity contribution in [3.63, 3.8) is 0 Å². The minimum Gasteiger partial charge on any atom is -0.316 e. The SMILES string of the molecule is CNC(CSc1ccccc1)Cc1ccc(C)c(C)c1. The van der Waals surface area contributed by atoms with Crippen LogP contribution in [0.5, 0.6) is 0 Å². The summed E-state index contributed by atoms with van der Waals surface area (Å²) >= 11 is 1.92. The van der Waals surface area contributed by atoms with Gasteiger partial charge in [0.25, 0.3) is 0 Å². The van der Waals surface area contributed by atoms with Crippen LogP contribution in [0.25, 0.3) is 0 Å². The van der Waals surface area contributed by atoms with Crippen LogP contribution in [0.1, 0.15) is 16.7 Å².